The average Bonchev–Trinajstić information content (AvgIpc) is 2.44. The van der Waals surface area contributed by atoms with Gasteiger partial charge in [0.2, 0.25) is 0 Å². The molecule has 1 aromatic heterocycles. The number of rotatable bonds is 3. The van der Waals surface area contributed by atoms with Crippen LogP contribution < -0.4 is 5.73 Å². The minimum Gasteiger partial charge on any atom is -0.383 e. The van der Waals surface area contributed by atoms with Crippen LogP contribution >= 0.6 is 11.6 Å². The number of nitrogens with zero attached hydrogens (tertiary/aromatic N) is 2. The van der Waals surface area contributed by atoms with E-state index in [1.54, 1.807) is 0 Å². The van der Waals surface area contributed by atoms with Crippen LogP contribution in [0.15, 0.2) is 18.7 Å². The number of nitrogens with two attached hydrogens (primary N) is 1. The Morgan fingerprint density at radius 3 is 2.57 bits per heavy atom. The van der Waals surface area contributed by atoms with Crippen molar-refractivity contribution in [3.63, 3.8) is 0 Å². The molecule has 0 atom stereocenters. The van der Waals surface area contributed by atoms with E-state index in [4.69, 9.17) is 17.3 Å². The topological polar surface area (TPSA) is 68.9 Å². The Morgan fingerprint density at radius 2 is 2.00 bits per heavy atom. The molecule has 2 rings (SSSR count). The van der Waals surface area contributed by atoms with Gasteiger partial charge >= 0.3 is 0 Å². The first-order valence-electron chi connectivity index (χ1n) is 5.81. The number of anilines is 1. The Labute approximate surface area is 124 Å². The molecule has 0 aliphatic heterocycles. The van der Waals surface area contributed by atoms with E-state index in [0.29, 0.717) is 0 Å². The van der Waals surface area contributed by atoms with Gasteiger partial charge in [0, 0.05) is 12.5 Å². The second-order valence-corrected chi connectivity index (χ2v) is 4.59. The molecule has 2 N–H and O–H groups in total. The molecule has 2 aromatic rings. The van der Waals surface area contributed by atoms with Crippen molar-refractivity contribution in [2.45, 2.75) is 6.92 Å². The van der Waals surface area contributed by atoms with Crippen LogP contribution in [0.25, 0.3) is 17.5 Å². The van der Waals surface area contributed by atoms with Crippen molar-refractivity contribution in [3.05, 3.63) is 46.6 Å². The molecule has 0 aliphatic rings. The molecule has 0 aliphatic carbocycles. The third-order valence-corrected chi connectivity index (χ3v) is 3.08. The van der Waals surface area contributed by atoms with Gasteiger partial charge in [-0.3, -0.25) is 4.79 Å². The van der Waals surface area contributed by atoms with E-state index in [9.17, 15) is 13.6 Å². The lowest BCUT2D eigenvalue weighted by Gasteiger charge is -2.09. The highest BCUT2D eigenvalue weighted by Crippen LogP contribution is 2.28. The van der Waals surface area contributed by atoms with Gasteiger partial charge in [-0.2, -0.15) is 0 Å². The summed E-state index contributed by atoms with van der Waals surface area (Å²) in [6, 6.07) is 2.39. The van der Waals surface area contributed by atoms with Crippen LogP contribution in [0.2, 0.25) is 5.02 Å². The molecule has 0 fully saturated rings. The zero-order chi connectivity index (χ0) is 15.7. The third kappa shape index (κ3) is 2.62. The van der Waals surface area contributed by atoms with Crippen molar-refractivity contribution < 1.29 is 13.6 Å². The molecular weight excluding hydrogens is 300 g/mol. The predicted octanol–water partition coefficient (Wildman–Crippen LogP) is 3.50. The van der Waals surface area contributed by atoms with E-state index in [1.165, 1.54) is 25.1 Å². The van der Waals surface area contributed by atoms with E-state index in [2.05, 4.69) is 16.5 Å². The molecule has 1 heterocycles. The fourth-order valence-corrected chi connectivity index (χ4v) is 1.92. The van der Waals surface area contributed by atoms with Gasteiger partial charge in [0.05, 0.1) is 10.6 Å². The maximum Gasteiger partial charge on any atom is 0.178 e. The Bertz CT molecular complexity index is 762. The summed E-state index contributed by atoms with van der Waals surface area (Å²) in [4.78, 5) is 19.4. The molecular formula is C14H10ClF2N3O. The second kappa shape index (κ2) is 5.57. The lowest BCUT2D eigenvalue weighted by atomic mass is 10.1. The van der Waals surface area contributed by atoms with Crippen LogP contribution in [-0.4, -0.2) is 15.8 Å². The molecule has 0 bridgehead atoms. The molecule has 0 spiro atoms. The summed E-state index contributed by atoms with van der Waals surface area (Å²) in [6.07, 6.45) is 1.33. The molecule has 0 amide bonds. The average molecular weight is 310 g/mol. The van der Waals surface area contributed by atoms with Gasteiger partial charge < -0.3 is 5.73 Å². The minimum absolute atomic E-state index is 0.0118. The molecule has 4 nitrogen and oxygen atoms in total. The molecule has 108 valence electrons. The molecule has 1 aromatic carbocycles. The lowest BCUT2D eigenvalue weighted by Crippen LogP contribution is -2.09. The summed E-state index contributed by atoms with van der Waals surface area (Å²) in [5.41, 5.74) is 5.71. The van der Waals surface area contributed by atoms with Gasteiger partial charge in [-0.15, -0.1) is 0 Å². The second-order valence-electron chi connectivity index (χ2n) is 4.18. The molecule has 21 heavy (non-hydrogen) atoms. The highest BCUT2D eigenvalue weighted by Gasteiger charge is 2.19. The first-order chi connectivity index (χ1) is 9.86. The summed E-state index contributed by atoms with van der Waals surface area (Å²) in [6.45, 7) is 4.79. The number of nitrogen functional groups attached to an aromatic ring is 1. The van der Waals surface area contributed by atoms with Crippen molar-refractivity contribution in [1.82, 2.24) is 9.97 Å². The van der Waals surface area contributed by atoms with E-state index >= 15 is 0 Å². The van der Waals surface area contributed by atoms with Crippen LogP contribution in [0.4, 0.5) is 14.6 Å². The number of hydrogen-bond donors (Lipinski definition) is 1. The highest BCUT2D eigenvalue weighted by molar-refractivity contribution is 6.30. The zero-order valence-corrected chi connectivity index (χ0v) is 11.7. The first kappa shape index (κ1) is 15.1. The Morgan fingerprint density at radius 1 is 1.33 bits per heavy atom. The summed E-state index contributed by atoms with van der Waals surface area (Å²) in [5.74, 6) is -3.06. The van der Waals surface area contributed by atoms with Crippen molar-refractivity contribution in [2.24, 2.45) is 0 Å². The third-order valence-electron chi connectivity index (χ3n) is 2.79. The quantitative estimate of drug-likeness (QED) is 0.696. The summed E-state index contributed by atoms with van der Waals surface area (Å²) in [7, 11) is 0. The van der Waals surface area contributed by atoms with Gasteiger partial charge in [0.15, 0.2) is 23.2 Å². The number of ketones is 1. The van der Waals surface area contributed by atoms with Crippen molar-refractivity contribution >= 4 is 29.3 Å². The molecule has 7 heteroatoms. The van der Waals surface area contributed by atoms with Gasteiger partial charge in [-0.05, 0) is 12.1 Å². The zero-order valence-electron chi connectivity index (χ0n) is 11.0. The van der Waals surface area contributed by atoms with Crippen LogP contribution in [0.5, 0.6) is 0 Å². The standard InChI is InChI=1S/C14H10ClF2N3O/c1-3-7-12(6(2)21)19-14(20-13(7)18)8-4-5-9(15)11(17)10(8)16/h3-5H,1H2,2H3,(H2,18,19,20). The SMILES string of the molecule is C=Cc1c(N)nc(-c2ccc(Cl)c(F)c2F)nc1C(C)=O. The van der Waals surface area contributed by atoms with Crippen molar-refractivity contribution in [2.75, 3.05) is 5.73 Å². The van der Waals surface area contributed by atoms with Crippen LogP contribution in [0, 0.1) is 11.6 Å². The molecule has 0 radical (unpaired) electrons. The lowest BCUT2D eigenvalue weighted by molar-refractivity contribution is 0.101. The number of benzene rings is 1. The maximum absolute atomic E-state index is 13.9. The molecule has 0 unspecified atom stereocenters. The summed E-state index contributed by atoms with van der Waals surface area (Å²) in [5, 5.41) is -0.362. The smallest absolute Gasteiger partial charge is 0.178 e. The fraction of sp³-hybridized carbons (Fsp3) is 0.0714. The molecule has 0 saturated carbocycles. The number of aromatic nitrogens is 2. The van der Waals surface area contributed by atoms with Crippen molar-refractivity contribution in [1.29, 1.82) is 0 Å². The van der Waals surface area contributed by atoms with Gasteiger partial charge in [0.1, 0.15) is 11.5 Å². The first-order valence-corrected chi connectivity index (χ1v) is 6.19. The van der Waals surface area contributed by atoms with E-state index in [0.717, 1.165) is 0 Å². The highest BCUT2D eigenvalue weighted by atomic mass is 35.5. The predicted molar refractivity (Wildman–Crippen MR) is 76.9 cm³/mol. The number of carbonyl (C=O) groups excluding carboxylic acids is 1. The Kier molecular flexibility index (Phi) is 3.99. The van der Waals surface area contributed by atoms with Crippen LogP contribution in [-0.2, 0) is 0 Å². The monoisotopic (exact) mass is 309 g/mol. The maximum atomic E-state index is 13.9. The number of Topliss-reactive ketones (excluding diaryl/α,β-unsaturated/α-hetero) is 1. The Hall–Kier alpha value is -2.34. The number of carbonyl (C=O) groups is 1. The summed E-state index contributed by atoms with van der Waals surface area (Å²) >= 11 is 5.49. The normalized spacial score (nSPS) is 10.5. The molecule has 0 saturated heterocycles. The van der Waals surface area contributed by atoms with Crippen LogP contribution in [0.3, 0.4) is 0 Å². The Balaban J connectivity index is 2.74. The van der Waals surface area contributed by atoms with E-state index in [1.807, 2.05) is 0 Å². The summed E-state index contributed by atoms with van der Waals surface area (Å²) < 4.78 is 27.4. The van der Waals surface area contributed by atoms with Crippen molar-refractivity contribution in [3.8, 4) is 11.4 Å². The minimum atomic E-state index is -1.21. The van der Waals surface area contributed by atoms with Gasteiger partial charge in [0.25, 0.3) is 0 Å². The van der Waals surface area contributed by atoms with Crippen LogP contribution in [0.1, 0.15) is 23.0 Å². The number of hydrogen-bond acceptors (Lipinski definition) is 4. The number of halogens is 3. The van der Waals surface area contributed by atoms with Gasteiger partial charge in [-0.1, -0.05) is 24.3 Å². The van der Waals surface area contributed by atoms with E-state index < -0.39 is 17.4 Å². The largest absolute Gasteiger partial charge is 0.383 e. The fourth-order valence-electron chi connectivity index (χ4n) is 1.78. The van der Waals surface area contributed by atoms with Gasteiger partial charge in [-0.25, -0.2) is 18.7 Å². The van der Waals surface area contributed by atoms with E-state index in [-0.39, 0.29) is 33.5 Å².